The van der Waals surface area contributed by atoms with Crippen LogP contribution in [0.1, 0.15) is 12.6 Å². The van der Waals surface area contributed by atoms with Gasteiger partial charge in [0.2, 0.25) is 5.91 Å². The number of carboxylic acid groups (broad SMARTS) is 1. The minimum absolute atomic E-state index is 0.158. The fourth-order valence-electron chi connectivity index (χ4n) is 1.89. The Hall–Kier alpha value is -1.85. The molecule has 0 saturated heterocycles. The van der Waals surface area contributed by atoms with Crippen LogP contribution in [-0.2, 0) is 16.1 Å². The fourth-order valence-corrected chi connectivity index (χ4v) is 1.89. The van der Waals surface area contributed by atoms with Crippen molar-refractivity contribution in [3.63, 3.8) is 0 Å². The molecule has 0 saturated carbocycles. The van der Waals surface area contributed by atoms with Crippen LogP contribution in [0.3, 0.4) is 0 Å². The van der Waals surface area contributed by atoms with E-state index >= 15 is 0 Å². The summed E-state index contributed by atoms with van der Waals surface area (Å²) < 4.78 is 1.68. The van der Waals surface area contributed by atoms with Gasteiger partial charge < -0.3 is 5.11 Å². The predicted octanol–water partition coefficient (Wildman–Crippen LogP) is 0.259. The molecule has 1 atom stereocenters. The second kappa shape index (κ2) is 3.62. The van der Waals surface area contributed by atoms with Crippen molar-refractivity contribution in [1.82, 2.24) is 9.78 Å². The summed E-state index contributed by atoms with van der Waals surface area (Å²) in [5.41, 5.74) is 0.785. The maximum absolute atomic E-state index is 11.9. The lowest BCUT2D eigenvalue weighted by molar-refractivity contribution is -0.137. The zero-order valence-corrected chi connectivity index (χ0v) is 9.17. The molecular weight excluding hydrogens is 210 g/mol. The molecule has 6 nitrogen and oxygen atoms in total. The van der Waals surface area contributed by atoms with Crippen LogP contribution >= 0.6 is 0 Å². The molecule has 6 heteroatoms. The molecule has 1 aromatic rings. The zero-order valence-electron chi connectivity index (χ0n) is 9.17. The number of aromatic nitrogens is 2. The van der Waals surface area contributed by atoms with Crippen LogP contribution in [-0.4, -0.2) is 33.3 Å². The number of hydrogen-bond donors (Lipinski definition) is 1. The largest absolute Gasteiger partial charge is 0.480 e. The average molecular weight is 223 g/mol. The first-order chi connectivity index (χ1) is 7.49. The summed E-state index contributed by atoms with van der Waals surface area (Å²) in [6.07, 6.45) is 0. The molecule has 0 aliphatic carbocycles. The summed E-state index contributed by atoms with van der Waals surface area (Å²) in [5.74, 6) is -0.836. The third-order valence-electron chi connectivity index (χ3n) is 2.59. The van der Waals surface area contributed by atoms with Gasteiger partial charge in [-0.15, -0.1) is 0 Å². The number of amides is 1. The Morgan fingerprint density at radius 1 is 1.69 bits per heavy atom. The lowest BCUT2D eigenvalue weighted by atomic mass is 10.1. The first kappa shape index (κ1) is 10.7. The van der Waals surface area contributed by atoms with Crippen LogP contribution in [0, 0.1) is 12.8 Å². The average Bonchev–Trinajstić information content (AvgIpc) is 2.53. The van der Waals surface area contributed by atoms with E-state index in [9.17, 15) is 9.59 Å². The van der Waals surface area contributed by atoms with Gasteiger partial charge in [-0.2, -0.15) is 5.10 Å². The van der Waals surface area contributed by atoms with Crippen molar-refractivity contribution >= 4 is 17.7 Å². The Balaban J connectivity index is 2.41. The van der Waals surface area contributed by atoms with E-state index in [4.69, 9.17) is 5.11 Å². The van der Waals surface area contributed by atoms with Crippen LogP contribution < -0.4 is 4.90 Å². The number of anilines is 1. The molecule has 0 unspecified atom stereocenters. The van der Waals surface area contributed by atoms with Gasteiger partial charge in [-0.3, -0.25) is 14.5 Å². The van der Waals surface area contributed by atoms with Crippen molar-refractivity contribution in [3.05, 3.63) is 11.8 Å². The number of nitrogens with zero attached hydrogens (tertiary/aromatic N) is 3. The van der Waals surface area contributed by atoms with Crippen molar-refractivity contribution in [2.45, 2.75) is 20.4 Å². The van der Waals surface area contributed by atoms with E-state index in [1.54, 1.807) is 17.7 Å². The van der Waals surface area contributed by atoms with Gasteiger partial charge >= 0.3 is 5.97 Å². The van der Waals surface area contributed by atoms with E-state index in [1.165, 1.54) is 4.90 Å². The van der Waals surface area contributed by atoms with Crippen molar-refractivity contribution in [2.24, 2.45) is 5.92 Å². The van der Waals surface area contributed by atoms with Gasteiger partial charge in [0, 0.05) is 6.07 Å². The van der Waals surface area contributed by atoms with E-state index < -0.39 is 5.97 Å². The maximum Gasteiger partial charge on any atom is 0.323 e. The number of aliphatic carboxylic acids is 1. The highest BCUT2D eigenvalue weighted by Gasteiger charge is 2.32. The van der Waals surface area contributed by atoms with Crippen LogP contribution in [0.5, 0.6) is 0 Å². The Kier molecular flexibility index (Phi) is 2.41. The van der Waals surface area contributed by atoms with Crippen molar-refractivity contribution in [3.8, 4) is 0 Å². The Bertz CT molecular complexity index is 452. The summed E-state index contributed by atoms with van der Waals surface area (Å²) in [6, 6.07) is 1.73. The Labute approximate surface area is 92.5 Å². The van der Waals surface area contributed by atoms with Gasteiger partial charge in [-0.25, -0.2) is 4.68 Å². The fraction of sp³-hybridized carbons (Fsp3) is 0.500. The topological polar surface area (TPSA) is 75.4 Å². The van der Waals surface area contributed by atoms with E-state index in [2.05, 4.69) is 5.10 Å². The number of aryl methyl sites for hydroxylation is 1. The Morgan fingerprint density at radius 2 is 2.38 bits per heavy atom. The molecule has 0 fully saturated rings. The molecule has 0 spiro atoms. The minimum Gasteiger partial charge on any atom is -0.480 e. The highest BCUT2D eigenvalue weighted by Crippen LogP contribution is 2.24. The molecule has 1 aromatic heterocycles. The smallest absolute Gasteiger partial charge is 0.323 e. The highest BCUT2D eigenvalue weighted by atomic mass is 16.4. The number of fused-ring (bicyclic) bond motifs is 1. The normalized spacial score (nSPS) is 19.8. The van der Waals surface area contributed by atoms with Crippen molar-refractivity contribution in [2.75, 3.05) is 11.4 Å². The monoisotopic (exact) mass is 223 g/mol. The molecule has 1 amide bonds. The van der Waals surface area contributed by atoms with Crippen LogP contribution in [0.4, 0.5) is 5.82 Å². The molecular formula is C10H13N3O3. The summed E-state index contributed by atoms with van der Waals surface area (Å²) >= 11 is 0. The lowest BCUT2D eigenvalue weighted by Gasteiger charge is -2.29. The van der Waals surface area contributed by atoms with E-state index in [-0.39, 0.29) is 18.4 Å². The zero-order chi connectivity index (χ0) is 11.9. The second-order valence-electron chi connectivity index (χ2n) is 4.05. The molecule has 2 rings (SSSR count). The van der Waals surface area contributed by atoms with Gasteiger partial charge in [0.05, 0.1) is 18.2 Å². The minimum atomic E-state index is -1.02. The number of carbonyl (C=O) groups excluding carboxylic acids is 1. The molecule has 16 heavy (non-hydrogen) atoms. The van der Waals surface area contributed by atoms with E-state index in [0.717, 1.165) is 5.69 Å². The maximum atomic E-state index is 11.9. The van der Waals surface area contributed by atoms with E-state index in [1.807, 2.05) is 6.92 Å². The van der Waals surface area contributed by atoms with Crippen molar-refractivity contribution < 1.29 is 14.7 Å². The number of carboxylic acids is 1. The summed E-state index contributed by atoms with van der Waals surface area (Å²) in [4.78, 5) is 23.8. The summed E-state index contributed by atoms with van der Waals surface area (Å²) in [7, 11) is 0. The lowest BCUT2D eigenvalue weighted by Crippen LogP contribution is -2.45. The number of hydrogen-bond acceptors (Lipinski definition) is 3. The molecule has 1 N–H and O–H groups in total. The van der Waals surface area contributed by atoms with Crippen LogP contribution in [0.2, 0.25) is 0 Å². The standard InChI is InChI=1S/C10H13N3O3/c1-6-4-13-8(3-7(2)11-13)12(10(6)16)5-9(14)15/h3,6H,4-5H2,1-2H3,(H,14,15)/t6-/m0/s1. The van der Waals surface area contributed by atoms with Crippen LogP contribution in [0.25, 0.3) is 0 Å². The quantitative estimate of drug-likeness (QED) is 0.780. The third-order valence-corrected chi connectivity index (χ3v) is 2.59. The molecule has 0 bridgehead atoms. The first-order valence-electron chi connectivity index (χ1n) is 5.06. The highest BCUT2D eigenvalue weighted by molar-refractivity contribution is 5.98. The van der Waals surface area contributed by atoms with Gasteiger partial charge in [0.25, 0.3) is 0 Å². The van der Waals surface area contributed by atoms with Crippen molar-refractivity contribution in [1.29, 1.82) is 0 Å². The first-order valence-corrected chi connectivity index (χ1v) is 5.06. The summed E-state index contributed by atoms with van der Waals surface area (Å²) in [6.45, 7) is 3.79. The molecule has 0 radical (unpaired) electrons. The molecule has 2 heterocycles. The van der Waals surface area contributed by atoms with Crippen LogP contribution in [0.15, 0.2) is 6.07 Å². The second-order valence-corrected chi connectivity index (χ2v) is 4.05. The predicted molar refractivity (Wildman–Crippen MR) is 56.1 cm³/mol. The van der Waals surface area contributed by atoms with Gasteiger partial charge in [0.15, 0.2) is 0 Å². The Morgan fingerprint density at radius 3 is 3.00 bits per heavy atom. The van der Waals surface area contributed by atoms with Gasteiger partial charge in [-0.05, 0) is 6.92 Å². The van der Waals surface area contributed by atoms with E-state index in [0.29, 0.717) is 12.4 Å². The number of carbonyl (C=O) groups is 2. The SMILES string of the molecule is Cc1cc2n(n1)C[C@H](C)C(=O)N2CC(=O)O. The molecule has 86 valence electrons. The third kappa shape index (κ3) is 1.66. The molecule has 1 aliphatic rings. The molecule has 1 aliphatic heterocycles. The molecule has 0 aromatic carbocycles. The van der Waals surface area contributed by atoms with Gasteiger partial charge in [0.1, 0.15) is 12.4 Å². The summed E-state index contributed by atoms with van der Waals surface area (Å²) in [5, 5.41) is 13.0. The number of rotatable bonds is 2. The van der Waals surface area contributed by atoms with Gasteiger partial charge in [-0.1, -0.05) is 6.92 Å².